The summed E-state index contributed by atoms with van der Waals surface area (Å²) in [5, 5.41) is 7.79. The third-order valence-electron chi connectivity index (χ3n) is 4.17. The van der Waals surface area contributed by atoms with Crippen LogP contribution in [-0.4, -0.2) is 24.3 Å². The van der Waals surface area contributed by atoms with Gasteiger partial charge in [-0.3, -0.25) is 14.4 Å². The Labute approximate surface area is 168 Å². The van der Waals surface area contributed by atoms with Crippen molar-refractivity contribution in [2.75, 3.05) is 11.9 Å². The summed E-state index contributed by atoms with van der Waals surface area (Å²) in [5.74, 6) is -1.37. The second kappa shape index (κ2) is 9.89. The van der Waals surface area contributed by atoms with Gasteiger partial charge in [-0.1, -0.05) is 42.5 Å². The number of hydrogen-bond donors (Lipinski definition) is 3. The molecular formula is C22H21N3O4. The summed E-state index contributed by atoms with van der Waals surface area (Å²) in [6, 6.07) is 19.6. The van der Waals surface area contributed by atoms with Crippen LogP contribution in [0.15, 0.2) is 77.4 Å². The molecule has 0 radical (unpaired) electrons. The van der Waals surface area contributed by atoms with Crippen LogP contribution in [0.3, 0.4) is 0 Å². The van der Waals surface area contributed by atoms with Crippen molar-refractivity contribution in [3.8, 4) is 0 Å². The fourth-order valence-corrected chi connectivity index (χ4v) is 2.69. The Bertz CT molecular complexity index is 969. The molecule has 0 atom stereocenters. The van der Waals surface area contributed by atoms with Crippen LogP contribution in [0.1, 0.15) is 21.7 Å². The molecule has 0 aliphatic carbocycles. The van der Waals surface area contributed by atoms with E-state index < -0.39 is 11.8 Å². The summed E-state index contributed by atoms with van der Waals surface area (Å²) in [6.45, 7) is 0.551. The molecule has 0 aliphatic heterocycles. The predicted molar refractivity (Wildman–Crippen MR) is 108 cm³/mol. The highest BCUT2D eigenvalue weighted by atomic mass is 16.3. The Balaban J connectivity index is 1.54. The number of carbonyl (C=O) groups is 3. The van der Waals surface area contributed by atoms with Gasteiger partial charge in [-0.25, -0.2) is 0 Å². The number of amides is 3. The first kappa shape index (κ1) is 19.9. The average molecular weight is 391 g/mol. The topological polar surface area (TPSA) is 100 Å². The second-order valence-corrected chi connectivity index (χ2v) is 6.25. The minimum atomic E-state index is -0.829. The second-order valence-electron chi connectivity index (χ2n) is 6.25. The van der Waals surface area contributed by atoms with Crippen LogP contribution < -0.4 is 16.0 Å². The number of rotatable bonds is 7. The molecule has 1 aromatic heterocycles. The average Bonchev–Trinajstić information content (AvgIpc) is 3.27. The highest BCUT2D eigenvalue weighted by Crippen LogP contribution is 2.15. The van der Waals surface area contributed by atoms with Gasteiger partial charge in [0.05, 0.1) is 24.1 Å². The highest BCUT2D eigenvalue weighted by Gasteiger charge is 2.17. The summed E-state index contributed by atoms with van der Waals surface area (Å²) < 4.78 is 5.18. The molecule has 0 saturated heterocycles. The van der Waals surface area contributed by atoms with E-state index in [0.717, 1.165) is 5.56 Å². The van der Waals surface area contributed by atoms with Crippen molar-refractivity contribution in [3.05, 3.63) is 89.9 Å². The van der Waals surface area contributed by atoms with Crippen molar-refractivity contribution in [3.63, 3.8) is 0 Å². The lowest BCUT2D eigenvalue weighted by molar-refractivity contribution is -0.136. The Hall–Kier alpha value is -3.87. The SMILES string of the molecule is O=C(NCCc1ccccc1)C(=O)Nc1ccccc1C(=O)NCc1ccco1. The zero-order valence-corrected chi connectivity index (χ0v) is 15.7. The zero-order valence-electron chi connectivity index (χ0n) is 15.7. The number of hydrogen-bond acceptors (Lipinski definition) is 4. The van der Waals surface area contributed by atoms with Gasteiger partial charge in [0, 0.05) is 6.54 Å². The standard InChI is InChI=1S/C22H21N3O4/c26-20(24-15-17-9-6-14-29-17)18-10-4-5-11-19(18)25-22(28)21(27)23-13-12-16-7-2-1-3-8-16/h1-11,14H,12-13,15H2,(H,23,27)(H,24,26)(H,25,28). The molecule has 2 aromatic carbocycles. The maximum absolute atomic E-state index is 12.4. The molecule has 0 saturated carbocycles. The van der Waals surface area contributed by atoms with E-state index in [9.17, 15) is 14.4 Å². The summed E-state index contributed by atoms with van der Waals surface area (Å²) in [5.41, 5.74) is 1.57. The summed E-state index contributed by atoms with van der Waals surface area (Å²) in [7, 11) is 0. The molecular weight excluding hydrogens is 370 g/mol. The van der Waals surface area contributed by atoms with Crippen LogP contribution in [0, 0.1) is 0 Å². The van der Waals surface area contributed by atoms with Gasteiger partial charge >= 0.3 is 11.8 Å². The van der Waals surface area contributed by atoms with E-state index in [-0.39, 0.29) is 23.7 Å². The fourth-order valence-electron chi connectivity index (χ4n) is 2.69. The fraction of sp³-hybridized carbons (Fsp3) is 0.136. The van der Waals surface area contributed by atoms with Crippen molar-refractivity contribution in [1.29, 1.82) is 0 Å². The van der Waals surface area contributed by atoms with Crippen molar-refractivity contribution in [2.45, 2.75) is 13.0 Å². The van der Waals surface area contributed by atoms with Crippen LogP contribution in [-0.2, 0) is 22.6 Å². The number of carbonyl (C=O) groups excluding carboxylic acids is 3. The number of para-hydroxylation sites is 1. The Morgan fingerprint density at radius 3 is 2.31 bits per heavy atom. The molecule has 7 nitrogen and oxygen atoms in total. The largest absolute Gasteiger partial charge is 0.467 e. The van der Waals surface area contributed by atoms with Crippen molar-refractivity contribution in [1.82, 2.24) is 10.6 Å². The first-order chi connectivity index (χ1) is 14.1. The van der Waals surface area contributed by atoms with Gasteiger partial charge in [-0.2, -0.15) is 0 Å². The van der Waals surface area contributed by atoms with Crippen molar-refractivity contribution < 1.29 is 18.8 Å². The quantitative estimate of drug-likeness (QED) is 0.539. The summed E-state index contributed by atoms with van der Waals surface area (Å²) in [4.78, 5) is 36.7. The van der Waals surface area contributed by atoms with Crippen LogP contribution in [0.25, 0.3) is 0 Å². The highest BCUT2D eigenvalue weighted by molar-refractivity contribution is 6.40. The van der Waals surface area contributed by atoms with Gasteiger partial charge in [0.2, 0.25) is 0 Å². The third kappa shape index (κ3) is 5.80. The monoisotopic (exact) mass is 391 g/mol. The third-order valence-corrected chi connectivity index (χ3v) is 4.17. The first-order valence-corrected chi connectivity index (χ1v) is 9.16. The van der Waals surface area contributed by atoms with Crippen molar-refractivity contribution >= 4 is 23.4 Å². The molecule has 148 valence electrons. The van der Waals surface area contributed by atoms with E-state index in [1.807, 2.05) is 30.3 Å². The van der Waals surface area contributed by atoms with E-state index in [4.69, 9.17) is 4.42 Å². The van der Waals surface area contributed by atoms with Crippen LogP contribution in [0.2, 0.25) is 0 Å². The van der Waals surface area contributed by atoms with Crippen LogP contribution >= 0.6 is 0 Å². The van der Waals surface area contributed by atoms with Crippen LogP contribution in [0.5, 0.6) is 0 Å². The summed E-state index contributed by atoms with van der Waals surface area (Å²) >= 11 is 0. The molecule has 7 heteroatoms. The molecule has 0 spiro atoms. The van der Waals surface area contributed by atoms with Gasteiger partial charge in [0.25, 0.3) is 5.91 Å². The van der Waals surface area contributed by atoms with E-state index in [0.29, 0.717) is 18.7 Å². The molecule has 0 fully saturated rings. The van der Waals surface area contributed by atoms with Crippen molar-refractivity contribution in [2.24, 2.45) is 0 Å². The minimum absolute atomic E-state index is 0.216. The zero-order chi connectivity index (χ0) is 20.5. The number of nitrogens with one attached hydrogen (secondary N) is 3. The Morgan fingerprint density at radius 1 is 0.793 bits per heavy atom. The molecule has 0 unspecified atom stereocenters. The smallest absolute Gasteiger partial charge is 0.313 e. The number of benzene rings is 2. The maximum Gasteiger partial charge on any atom is 0.313 e. The predicted octanol–water partition coefficient (Wildman–Crippen LogP) is 2.51. The molecule has 3 N–H and O–H groups in total. The first-order valence-electron chi connectivity index (χ1n) is 9.16. The molecule has 3 rings (SSSR count). The van der Waals surface area contributed by atoms with Gasteiger partial charge in [-0.05, 0) is 36.2 Å². The number of furan rings is 1. The Morgan fingerprint density at radius 2 is 1.55 bits per heavy atom. The van der Waals surface area contributed by atoms with E-state index in [2.05, 4.69) is 16.0 Å². The molecule has 29 heavy (non-hydrogen) atoms. The van der Waals surface area contributed by atoms with Crippen LogP contribution in [0.4, 0.5) is 5.69 Å². The molecule has 0 bridgehead atoms. The minimum Gasteiger partial charge on any atom is -0.467 e. The van der Waals surface area contributed by atoms with Gasteiger partial charge in [0.15, 0.2) is 0 Å². The molecule has 1 heterocycles. The molecule has 0 aliphatic rings. The lowest BCUT2D eigenvalue weighted by atomic mass is 10.1. The number of anilines is 1. The molecule has 3 amide bonds. The van der Waals surface area contributed by atoms with E-state index in [1.165, 1.54) is 6.26 Å². The lowest BCUT2D eigenvalue weighted by Gasteiger charge is -2.11. The Kier molecular flexibility index (Phi) is 6.78. The summed E-state index contributed by atoms with van der Waals surface area (Å²) in [6.07, 6.45) is 2.14. The van der Waals surface area contributed by atoms with E-state index >= 15 is 0 Å². The van der Waals surface area contributed by atoms with Gasteiger partial charge in [0.1, 0.15) is 5.76 Å². The van der Waals surface area contributed by atoms with Gasteiger partial charge < -0.3 is 20.4 Å². The lowest BCUT2D eigenvalue weighted by Crippen LogP contribution is -2.37. The van der Waals surface area contributed by atoms with E-state index in [1.54, 1.807) is 36.4 Å². The van der Waals surface area contributed by atoms with Gasteiger partial charge in [-0.15, -0.1) is 0 Å². The molecule has 3 aromatic rings. The normalized spacial score (nSPS) is 10.2. The maximum atomic E-state index is 12.4.